The van der Waals surface area contributed by atoms with E-state index < -0.39 is 18.5 Å². The van der Waals surface area contributed by atoms with Gasteiger partial charge >= 0.3 is 11.9 Å². The molecule has 2 aromatic rings. The Morgan fingerprint density at radius 1 is 1.16 bits per heavy atom. The second-order valence-electron chi connectivity index (χ2n) is 6.42. The number of carbonyl (C=O) groups is 3. The van der Waals surface area contributed by atoms with Crippen molar-refractivity contribution >= 4 is 51.3 Å². The van der Waals surface area contributed by atoms with Gasteiger partial charge in [0.1, 0.15) is 0 Å². The van der Waals surface area contributed by atoms with Gasteiger partial charge in [0, 0.05) is 4.47 Å². The zero-order valence-electron chi connectivity index (χ0n) is 16.5. The molecule has 31 heavy (non-hydrogen) atoms. The van der Waals surface area contributed by atoms with Gasteiger partial charge in [0.25, 0.3) is 5.91 Å². The molecular formula is C21H17BrN2O7. The molecule has 0 aromatic heterocycles. The van der Waals surface area contributed by atoms with Crippen molar-refractivity contribution in [2.24, 2.45) is 5.10 Å². The summed E-state index contributed by atoms with van der Waals surface area (Å²) in [4.78, 5) is 34.7. The van der Waals surface area contributed by atoms with Crippen LogP contribution in [0.2, 0.25) is 0 Å². The smallest absolute Gasteiger partial charge is 0.341 e. The summed E-state index contributed by atoms with van der Waals surface area (Å²) in [5, 5.41) is 23.3. The summed E-state index contributed by atoms with van der Waals surface area (Å²) >= 11 is 3.40. The number of halogens is 1. The first-order valence-electron chi connectivity index (χ1n) is 8.88. The van der Waals surface area contributed by atoms with E-state index >= 15 is 0 Å². The molecule has 0 atom stereocenters. The zero-order chi connectivity index (χ0) is 22.7. The van der Waals surface area contributed by atoms with E-state index in [4.69, 9.17) is 19.7 Å². The Morgan fingerprint density at radius 3 is 2.42 bits per heavy atom. The largest absolute Gasteiger partial charge is 0.493 e. The summed E-state index contributed by atoms with van der Waals surface area (Å²) in [6, 6.07) is 8.98. The molecular weight excluding hydrogens is 472 g/mol. The molecule has 2 aromatic carbocycles. The standard InChI is InChI=1S/C21H17BrN2O7/c1-11-15(20(27)24(23-11)14-5-3-12(4-6-14)21(28)29)7-13-8-17(30-2)18(9-16(13)22)31-10-19(25)26/h3-9H,10H2,1-2H3,(H,25,26)(H,28,29)/b15-7-. The third kappa shape index (κ3) is 4.75. The molecule has 0 radical (unpaired) electrons. The van der Waals surface area contributed by atoms with Crippen LogP contribution in [0.5, 0.6) is 11.5 Å². The summed E-state index contributed by atoms with van der Waals surface area (Å²) in [6.07, 6.45) is 1.63. The van der Waals surface area contributed by atoms with E-state index in [2.05, 4.69) is 21.0 Å². The number of hydrogen-bond acceptors (Lipinski definition) is 6. The fraction of sp³-hybridized carbons (Fsp3) is 0.143. The third-order valence-electron chi connectivity index (χ3n) is 4.36. The minimum atomic E-state index is -1.12. The maximum atomic E-state index is 12.9. The van der Waals surface area contributed by atoms with Crippen molar-refractivity contribution in [2.75, 3.05) is 18.7 Å². The molecule has 10 heteroatoms. The van der Waals surface area contributed by atoms with Gasteiger partial charge in [-0.1, -0.05) is 15.9 Å². The van der Waals surface area contributed by atoms with Crippen molar-refractivity contribution in [1.29, 1.82) is 0 Å². The number of aromatic carboxylic acids is 1. The molecule has 160 valence electrons. The highest BCUT2D eigenvalue weighted by Gasteiger charge is 2.29. The number of benzene rings is 2. The molecule has 1 aliphatic rings. The predicted octanol–water partition coefficient (Wildman–Crippen LogP) is 3.43. The molecule has 0 saturated heterocycles. The van der Waals surface area contributed by atoms with Crippen molar-refractivity contribution in [2.45, 2.75) is 6.92 Å². The normalized spacial score (nSPS) is 14.5. The number of amides is 1. The lowest BCUT2D eigenvalue weighted by molar-refractivity contribution is -0.139. The first-order chi connectivity index (χ1) is 14.7. The average molecular weight is 489 g/mol. The van der Waals surface area contributed by atoms with Crippen LogP contribution in [0.25, 0.3) is 6.08 Å². The summed E-state index contributed by atoms with van der Waals surface area (Å²) in [5.41, 5.74) is 1.95. The number of hydrazone groups is 1. The first-order valence-corrected chi connectivity index (χ1v) is 9.67. The van der Waals surface area contributed by atoms with Gasteiger partial charge in [-0.25, -0.2) is 9.59 Å². The molecule has 2 N–H and O–H groups in total. The molecule has 0 fully saturated rings. The Kier molecular flexibility index (Phi) is 6.40. The van der Waals surface area contributed by atoms with Crippen LogP contribution in [0.1, 0.15) is 22.8 Å². The highest BCUT2D eigenvalue weighted by Crippen LogP contribution is 2.35. The fourth-order valence-corrected chi connectivity index (χ4v) is 3.27. The van der Waals surface area contributed by atoms with Crippen molar-refractivity contribution in [3.05, 3.63) is 57.6 Å². The molecule has 0 saturated carbocycles. The van der Waals surface area contributed by atoms with Gasteiger partial charge in [-0.2, -0.15) is 10.1 Å². The van der Waals surface area contributed by atoms with Crippen molar-refractivity contribution in [1.82, 2.24) is 0 Å². The summed E-state index contributed by atoms with van der Waals surface area (Å²) in [7, 11) is 1.42. The molecule has 0 spiro atoms. The highest BCUT2D eigenvalue weighted by molar-refractivity contribution is 9.10. The molecule has 0 unspecified atom stereocenters. The van der Waals surface area contributed by atoms with Crippen molar-refractivity contribution < 1.29 is 34.1 Å². The average Bonchev–Trinajstić information content (AvgIpc) is 3.01. The van der Waals surface area contributed by atoms with Gasteiger partial charge < -0.3 is 19.7 Å². The molecule has 1 heterocycles. The summed E-state index contributed by atoms with van der Waals surface area (Å²) in [6.45, 7) is 1.16. The third-order valence-corrected chi connectivity index (χ3v) is 5.04. The lowest BCUT2D eigenvalue weighted by Crippen LogP contribution is -2.21. The van der Waals surface area contributed by atoms with Gasteiger partial charge in [0.15, 0.2) is 18.1 Å². The van der Waals surface area contributed by atoms with Gasteiger partial charge in [-0.15, -0.1) is 0 Å². The van der Waals surface area contributed by atoms with E-state index in [1.54, 1.807) is 25.1 Å². The van der Waals surface area contributed by atoms with E-state index in [9.17, 15) is 14.4 Å². The number of nitrogens with zero attached hydrogens (tertiary/aromatic N) is 2. The first kappa shape index (κ1) is 22.0. The maximum Gasteiger partial charge on any atom is 0.341 e. The monoisotopic (exact) mass is 488 g/mol. The van der Waals surface area contributed by atoms with Gasteiger partial charge in [0.05, 0.1) is 29.6 Å². The van der Waals surface area contributed by atoms with E-state index in [-0.39, 0.29) is 17.2 Å². The minimum absolute atomic E-state index is 0.105. The predicted molar refractivity (Wildman–Crippen MR) is 116 cm³/mol. The van der Waals surface area contributed by atoms with Crippen LogP contribution in [-0.2, 0) is 9.59 Å². The number of ether oxygens (including phenoxy) is 2. The number of anilines is 1. The van der Waals surface area contributed by atoms with Crippen molar-refractivity contribution in [3.8, 4) is 11.5 Å². The number of rotatable bonds is 7. The van der Waals surface area contributed by atoms with Crippen LogP contribution in [0.15, 0.2) is 51.5 Å². The van der Waals surface area contributed by atoms with Crippen LogP contribution in [0, 0.1) is 0 Å². The summed E-state index contributed by atoms with van der Waals surface area (Å²) in [5.74, 6) is -2.02. The lowest BCUT2D eigenvalue weighted by Gasteiger charge is -2.13. The van der Waals surface area contributed by atoms with Crippen LogP contribution in [0.3, 0.4) is 0 Å². The maximum absolute atomic E-state index is 12.9. The van der Waals surface area contributed by atoms with E-state index in [1.807, 2.05) is 0 Å². The zero-order valence-corrected chi connectivity index (χ0v) is 18.0. The van der Waals surface area contributed by atoms with Crippen LogP contribution in [-0.4, -0.2) is 47.5 Å². The second-order valence-corrected chi connectivity index (χ2v) is 7.27. The van der Waals surface area contributed by atoms with E-state index in [0.29, 0.717) is 32.8 Å². The van der Waals surface area contributed by atoms with Crippen LogP contribution < -0.4 is 14.5 Å². The van der Waals surface area contributed by atoms with E-state index in [1.165, 1.54) is 36.4 Å². The molecule has 1 amide bonds. The molecule has 1 aliphatic heterocycles. The SMILES string of the molecule is COc1cc(/C=C2\C(=O)N(c3ccc(C(=O)O)cc3)N=C2C)c(Br)cc1OCC(=O)O. The van der Waals surface area contributed by atoms with Gasteiger partial charge in [-0.3, -0.25) is 4.79 Å². The van der Waals surface area contributed by atoms with Crippen molar-refractivity contribution in [3.63, 3.8) is 0 Å². The van der Waals surface area contributed by atoms with Gasteiger partial charge in [0.2, 0.25) is 0 Å². The quantitative estimate of drug-likeness (QED) is 0.571. The van der Waals surface area contributed by atoms with Gasteiger partial charge in [-0.05, 0) is 55.0 Å². The fourth-order valence-electron chi connectivity index (χ4n) is 2.83. The Morgan fingerprint density at radius 2 is 1.84 bits per heavy atom. The Bertz CT molecular complexity index is 1120. The Balaban J connectivity index is 1.91. The Labute approximate surface area is 185 Å². The van der Waals surface area contributed by atoms with E-state index in [0.717, 1.165) is 0 Å². The highest BCUT2D eigenvalue weighted by atomic mass is 79.9. The van der Waals surface area contributed by atoms with Crippen LogP contribution >= 0.6 is 15.9 Å². The van der Waals surface area contributed by atoms with Crippen LogP contribution in [0.4, 0.5) is 5.69 Å². The number of carboxylic acids is 2. The summed E-state index contributed by atoms with van der Waals surface area (Å²) < 4.78 is 11.1. The number of methoxy groups -OCH3 is 1. The second kappa shape index (κ2) is 9.00. The lowest BCUT2D eigenvalue weighted by atomic mass is 10.1. The Hall–Kier alpha value is -3.66. The molecule has 9 nitrogen and oxygen atoms in total. The number of carbonyl (C=O) groups excluding carboxylic acids is 1. The topological polar surface area (TPSA) is 126 Å². The minimum Gasteiger partial charge on any atom is -0.493 e. The molecule has 3 rings (SSSR count). The number of aliphatic carboxylic acids is 1. The number of carboxylic acid groups (broad SMARTS) is 2. The number of hydrogen-bond donors (Lipinski definition) is 2. The molecule has 0 aliphatic carbocycles. The molecule has 0 bridgehead atoms.